The number of anilines is 1. The van der Waals surface area contributed by atoms with Crippen molar-refractivity contribution < 1.29 is 9.53 Å². The minimum Gasteiger partial charge on any atom is -0.497 e. The van der Waals surface area contributed by atoms with E-state index < -0.39 is 5.69 Å². The van der Waals surface area contributed by atoms with E-state index in [9.17, 15) is 14.4 Å². The second-order valence-electron chi connectivity index (χ2n) is 7.72. The smallest absolute Gasteiger partial charge is 0.332 e. The molecule has 33 heavy (non-hydrogen) atoms. The van der Waals surface area contributed by atoms with Crippen LogP contribution < -0.4 is 20.9 Å². The minimum absolute atomic E-state index is 0.110. The Kier molecular flexibility index (Phi) is 6.46. The Bertz CT molecular complexity index is 1420. The lowest BCUT2D eigenvalue weighted by Gasteiger charge is -2.22. The summed E-state index contributed by atoms with van der Waals surface area (Å²) in [6.45, 7) is 4.29. The van der Waals surface area contributed by atoms with Gasteiger partial charge in [-0.05, 0) is 60.7 Å². The number of carbonyl (C=O) groups excluding carboxylic acids is 1. The molecule has 0 bridgehead atoms. The molecule has 0 saturated heterocycles. The summed E-state index contributed by atoms with van der Waals surface area (Å²) in [6, 6.07) is 16.6. The SMILES string of the molecule is CCN(C(=O)Cn1c(=O)n(Cc2ccc(OC)cc2)c(=O)c2sccc21)c1cccc(C)c1. The van der Waals surface area contributed by atoms with Gasteiger partial charge in [0.25, 0.3) is 5.56 Å². The van der Waals surface area contributed by atoms with Gasteiger partial charge in [-0.3, -0.25) is 18.7 Å². The van der Waals surface area contributed by atoms with Crippen LogP contribution >= 0.6 is 11.3 Å². The highest BCUT2D eigenvalue weighted by Gasteiger charge is 2.20. The number of carbonyl (C=O) groups is 1. The molecule has 0 radical (unpaired) electrons. The Morgan fingerprint density at radius 3 is 2.48 bits per heavy atom. The number of nitrogens with zero attached hydrogens (tertiary/aromatic N) is 3. The summed E-state index contributed by atoms with van der Waals surface area (Å²) < 4.78 is 8.22. The number of rotatable bonds is 7. The number of benzene rings is 2. The van der Waals surface area contributed by atoms with Gasteiger partial charge in [0.1, 0.15) is 17.0 Å². The van der Waals surface area contributed by atoms with E-state index >= 15 is 0 Å². The normalized spacial score (nSPS) is 11.0. The van der Waals surface area contributed by atoms with E-state index in [0.29, 0.717) is 22.5 Å². The zero-order valence-corrected chi connectivity index (χ0v) is 19.6. The average Bonchev–Trinajstić information content (AvgIpc) is 3.30. The van der Waals surface area contributed by atoms with E-state index in [2.05, 4.69) is 0 Å². The van der Waals surface area contributed by atoms with Gasteiger partial charge in [-0.1, -0.05) is 24.3 Å². The number of hydrogen-bond acceptors (Lipinski definition) is 5. The van der Waals surface area contributed by atoms with Gasteiger partial charge in [0.05, 0.1) is 19.2 Å². The van der Waals surface area contributed by atoms with Gasteiger partial charge in [-0.15, -0.1) is 11.3 Å². The molecule has 0 atom stereocenters. The van der Waals surface area contributed by atoms with Crippen molar-refractivity contribution in [3.8, 4) is 5.75 Å². The number of hydrogen-bond donors (Lipinski definition) is 0. The molecule has 7 nitrogen and oxygen atoms in total. The summed E-state index contributed by atoms with van der Waals surface area (Å²) in [5.41, 5.74) is 2.24. The first-order valence-electron chi connectivity index (χ1n) is 10.6. The molecule has 2 heterocycles. The third kappa shape index (κ3) is 4.47. The second-order valence-corrected chi connectivity index (χ2v) is 8.64. The van der Waals surface area contributed by atoms with E-state index in [1.807, 2.05) is 50.2 Å². The molecule has 4 rings (SSSR count). The first-order valence-corrected chi connectivity index (χ1v) is 11.5. The van der Waals surface area contributed by atoms with Crippen molar-refractivity contribution >= 4 is 33.1 Å². The quantitative estimate of drug-likeness (QED) is 0.419. The molecular formula is C25H25N3O4S. The van der Waals surface area contributed by atoms with E-state index in [4.69, 9.17) is 4.74 Å². The van der Waals surface area contributed by atoms with Gasteiger partial charge < -0.3 is 9.64 Å². The van der Waals surface area contributed by atoms with Gasteiger partial charge in [0.2, 0.25) is 5.91 Å². The summed E-state index contributed by atoms with van der Waals surface area (Å²) in [6.07, 6.45) is 0. The van der Waals surface area contributed by atoms with Crippen molar-refractivity contribution in [1.82, 2.24) is 9.13 Å². The van der Waals surface area contributed by atoms with Crippen LogP contribution in [0.3, 0.4) is 0 Å². The molecule has 4 aromatic rings. The van der Waals surface area contributed by atoms with Gasteiger partial charge in [-0.2, -0.15) is 0 Å². The lowest BCUT2D eigenvalue weighted by molar-refractivity contribution is -0.119. The Morgan fingerprint density at radius 1 is 1.06 bits per heavy atom. The van der Waals surface area contributed by atoms with Crippen molar-refractivity contribution in [2.45, 2.75) is 26.9 Å². The zero-order chi connectivity index (χ0) is 23.5. The van der Waals surface area contributed by atoms with Crippen LogP contribution in [0.25, 0.3) is 10.2 Å². The van der Waals surface area contributed by atoms with Crippen molar-refractivity contribution in [2.24, 2.45) is 0 Å². The molecule has 0 aliphatic rings. The summed E-state index contributed by atoms with van der Waals surface area (Å²) >= 11 is 1.27. The molecule has 0 aliphatic heterocycles. The van der Waals surface area contributed by atoms with Crippen LogP contribution in [-0.2, 0) is 17.9 Å². The topological polar surface area (TPSA) is 73.5 Å². The first kappa shape index (κ1) is 22.5. The maximum absolute atomic E-state index is 13.4. The molecule has 8 heteroatoms. The van der Waals surface area contributed by atoms with Crippen molar-refractivity contribution in [2.75, 3.05) is 18.6 Å². The highest BCUT2D eigenvalue weighted by Crippen LogP contribution is 2.19. The lowest BCUT2D eigenvalue weighted by atomic mass is 10.2. The molecule has 170 valence electrons. The summed E-state index contributed by atoms with van der Waals surface area (Å²) in [7, 11) is 1.58. The fourth-order valence-electron chi connectivity index (χ4n) is 3.86. The average molecular weight is 464 g/mol. The third-order valence-corrected chi connectivity index (χ3v) is 6.45. The number of fused-ring (bicyclic) bond motifs is 1. The molecule has 2 aromatic heterocycles. The van der Waals surface area contributed by atoms with Crippen molar-refractivity contribution in [3.05, 3.63) is 91.9 Å². The molecule has 2 aromatic carbocycles. The number of aromatic nitrogens is 2. The molecule has 0 saturated carbocycles. The molecule has 0 spiro atoms. The van der Waals surface area contributed by atoms with Crippen molar-refractivity contribution in [1.29, 1.82) is 0 Å². The van der Waals surface area contributed by atoms with E-state index in [1.165, 1.54) is 20.5 Å². The summed E-state index contributed by atoms with van der Waals surface area (Å²) in [5.74, 6) is 0.478. The maximum atomic E-state index is 13.4. The van der Waals surface area contributed by atoms with Crippen molar-refractivity contribution in [3.63, 3.8) is 0 Å². The van der Waals surface area contributed by atoms with Gasteiger partial charge in [0.15, 0.2) is 0 Å². The fraction of sp³-hybridized carbons (Fsp3) is 0.240. The van der Waals surface area contributed by atoms with Gasteiger partial charge in [-0.25, -0.2) is 4.79 Å². The minimum atomic E-state index is -0.504. The lowest BCUT2D eigenvalue weighted by Crippen LogP contribution is -2.43. The molecule has 0 unspecified atom stereocenters. The molecule has 0 aliphatic carbocycles. The van der Waals surface area contributed by atoms with Crippen LogP contribution in [0.5, 0.6) is 5.75 Å². The number of ether oxygens (including phenoxy) is 1. The molecule has 0 fully saturated rings. The first-order chi connectivity index (χ1) is 15.9. The second kappa shape index (κ2) is 9.46. The molecular weight excluding hydrogens is 438 g/mol. The predicted octanol–water partition coefficient (Wildman–Crippen LogP) is 3.64. The molecule has 1 amide bonds. The standard InChI is InChI=1S/C25H25N3O4S/c1-4-26(19-7-5-6-17(2)14-19)22(29)16-27-21-12-13-33-23(21)24(30)28(25(27)31)15-18-8-10-20(32-3)11-9-18/h5-14H,4,15-16H2,1-3H3. The zero-order valence-electron chi connectivity index (χ0n) is 18.8. The highest BCUT2D eigenvalue weighted by atomic mass is 32.1. The van der Waals surface area contributed by atoms with Gasteiger partial charge in [0, 0.05) is 12.2 Å². The molecule has 0 N–H and O–H groups in total. The Balaban J connectivity index is 1.74. The number of thiophene rings is 1. The largest absolute Gasteiger partial charge is 0.497 e. The van der Waals surface area contributed by atoms with Gasteiger partial charge >= 0.3 is 5.69 Å². The van der Waals surface area contributed by atoms with Crippen LogP contribution in [-0.4, -0.2) is 28.7 Å². The number of amides is 1. The van der Waals surface area contributed by atoms with E-state index in [0.717, 1.165) is 16.8 Å². The summed E-state index contributed by atoms with van der Waals surface area (Å²) in [5, 5.41) is 1.77. The summed E-state index contributed by atoms with van der Waals surface area (Å²) in [4.78, 5) is 41.4. The Morgan fingerprint density at radius 2 is 1.82 bits per heavy atom. The Labute approximate surface area is 195 Å². The Hall–Kier alpha value is -3.65. The number of aryl methyl sites for hydroxylation is 1. The van der Waals surface area contributed by atoms with E-state index in [1.54, 1.807) is 35.6 Å². The van der Waals surface area contributed by atoms with E-state index in [-0.39, 0.29) is 24.6 Å². The number of likely N-dealkylation sites (N-methyl/N-ethyl adjacent to an activating group) is 1. The van der Waals surface area contributed by atoms with Crippen LogP contribution in [0.15, 0.2) is 69.6 Å². The third-order valence-electron chi connectivity index (χ3n) is 5.56. The van der Waals surface area contributed by atoms with Crippen LogP contribution in [0.1, 0.15) is 18.1 Å². The number of methoxy groups -OCH3 is 1. The predicted molar refractivity (Wildman–Crippen MR) is 132 cm³/mol. The van der Waals surface area contributed by atoms with Crippen LogP contribution in [0.4, 0.5) is 5.69 Å². The highest BCUT2D eigenvalue weighted by molar-refractivity contribution is 7.17. The van der Waals surface area contributed by atoms with Crippen LogP contribution in [0, 0.1) is 6.92 Å². The maximum Gasteiger partial charge on any atom is 0.332 e. The monoisotopic (exact) mass is 463 g/mol. The van der Waals surface area contributed by atoms with Crippen LogP contribution in [0.2, 0.25) is 0 Å². The fourth-order valence-corrected chi connectivity index (χ4v) is 4.70.